The SMILES string of the molecule is c1cc(-c2cccc3oc4c5ccccc5ccc4c23)cc(N(c2ccc(-c3cccc(-n4c5ccccc5c5ccccc54)c3)cc2)c2ccc(-c3ccc4oc5ccccc5c4c3)cc2)c1. The summed E-state index contributed by atoms with van der Waals surface area (Å²) in [5.41, 5.74) is 17.1. The van der Waals surface area contributed by atoms with Crippen molar-refractivity contribution in [1.29, 1.82) is 0 Å². The molecule has 0 N–H and O–H groups in total. The first-order valence-corrected chi connectivity index (χ1v) is 23.1. The third-order valence-corrected chi connectivity index (χ3v) is 13.8. The summed E-state index contributed by atoms with van der Waals surface area (Å²) in [5, 5.41) is 9.29. The summed E-state index contributed by atoms with van der Waals surface area (Å²) in [6.07, 6.45) is 0. The van der Waals surface area contributed by atoms with Gasteiger partial charge in [-0.05, 0) is 130 Å². The number of hydrogen-bond acceptors (Lipinski definition) is 3. The van der Waals surface area contributed by atoms with E-state index in [9.17, 15) is 0 Å². The van der Waals surface area contributed by atoms with Crippen molar-refractivity contribution in [3.8, 4) is 39.1 Å². The highest BCUT2D eigenvalue weighted by atomic mass is 16.3. The van der Waals surface area contributed by atoms with Gasteiger partial charge in [-0.2, -0.15) is 0 Å². The number of aromatic nitrogens is 1. The first-order valence-electron chi connectivity index (χ1n) is 23.1. The molecule has 0 aliphatic carbocycles. The third kappa shape index (κ3) is 6.08. The second-order valence-corrected chi connectivity index (χ2v) is 17.7. The molecule has 3 aromatic heterocycles. The fourth-order valence-electron chi connectivity index (χ4n) is 10.6. The van der Waals surface area contributed by atoms with Gasteiger partial charge in [0.2, 0.25) is 0 Å². The first kappa shape index (κ1) is 38.2. The number of furan rings is 2. The molecule has 0 amide bonds. The molecule has 0 saturated heterocycles. The minimum atomic E-state index is 0.881. The molecule has 318 valence electrons. The Morgan fingerprint density at radius 3 is 1.66 bits per heavy atom. The van der Waals surface area contributed by atoms with E-state index in [-0.39, 0.29) is 0 Å². The summed E-state index contributed by atoms with van der Waals surface area (Å²) in [6, 6.07) is 87.0. The molecule has 0 bridgehead atoms. The monoisotopic (exact) mass is 868 g/mol. The maximum atomic E-state index is 6.63. The standard InChI is InChI=1S/C64H40N2O2/c1-2-17-52-43(12-1)30-36-56-63-51(21-11-25-62(63)68-64(52)56)46-14-10-15-49(39-46)65(48-34-28-42(29-35-48)45-31-37-61-57(40-45)55-20-5-8-24-60(55)67-61)47-32-26-41(27-33-47)44-13-9-16-50(38-44)66-58-22-6-3-18-53(58)54-19-4-7-23-59(54)66/h1-40H. The van der Waals surface area contributed by atoms with Gasteiger partial charge in [0, 0.05) is 60.5 Å². The second-order valence-electron chi connectivity index (χ2n) is 17.7. The number of benzene rings is 11. The minimum absolute atomic E-state index is 0.881. The lowest BCUT2D eigenvalue weighted by atomic mass is 9.97. The van der Waals surface area contributed by atoms with Crippen LogP contribution in [0.4, 0.5) is 17.1 Å². The van der Waals surface area contributed by atoms with Crippen molar-refractivity contribution < 1.29 is 8.83 Å². The Morgan fingerprint density at radius 1 is 0.309 bits per heavy atom. The van der Waals surface area contributed by atoms with Crippen LogP contribution >= 0.6 is 0 Å². The molecule has 0 aliphatic rings. The number of rotatable bonds is 7. The highest BCUT2D eigenvalue weighted by Gasteiger charge is 2.19. The van der Waals surface area contributed by atoms with Crippen molar-refractivity contribution in [2.24, 2.45) is 0 Å². The number of para-hydroxylation sites is 3. The lowest BCUT2D eigenvalue weighted by Crippen LogP contribution is -2.10. The number of hydrogen-bond donors (Lipinski definition) is 0. The molecule has 68 heavy (non-hydrogen) atoms. The van der Waals surface area contributed by atoms with E-state index in [4.69, 9.17) is 8.83 Å². The van der Waals surface area contributed by atoms with Crippen LogP contribution in [0.1, 0.15) is 0 Å². The summed E-state index contributed by atoms with van der Waals surface area (Å²) < 4.78 is 15.2. The van der Waals surface area contributed by atoms with Gasteiger partial charge in [-0.15, -0.1) is 0 Å². The maximum Gasteiger partial charge on any atom is 0.143 e. The zero-order chi connectivity index (χ0) is 44.7. The third-order valence-electron chi connectivity index (χ3n) is 13.8. The Morgan fingerprint density at radius 2 is 0.897 bits per heavy atom. The van der Waals surface area contributed by atoms with Gasteiger partial charge in [-0.3, -0.25) is 0 Å². The van der Waals surface area contributed by atoms with Crippen molar-refractivity contribution in [3.05, 3.63) is 243 Å². The summed E-state index contributed by atoms with van der Waals surface area (Å²) in [4.78, 5) is 2.36. The lowest BCUT2D eigenvalue weighted by Gasteiger charge is -2.26. The maximum absolute atomic E-state index is 6.63. The van der Waals surface area contributed by atoms with Crippen molar-refractivity contribution in [2.75, 3.05) is 4.90 Å². The second kappa shape index (κ2) is 15.2. The first-order chi connectivity index (χ1) is 33.7. The average molecular weight is 869 g/mol. The molecule has 4 nitrogen and oxygen atoms in total. The number of nitrogens with zero attached hydrogens (tertiary/aromatic N) is 2. The van der Waals surface area contributed by atoms with E-state index in [1.54, 1.807) is 0 Å². The average Bonchev–Trinajstić information content (AvgIpc) is 4.09. The van der Waals surface area contributed by atoms with Gasteiger partial charge in [0.25, 0.3) is 0 Å². The molecule has 14 aromatic rings. The summed E-state index contributed by atoms with van der Waals surface area (Å²) in [5.74, 6) is 0. The number of fused-ring (bicyclic) bond motifs is 11. The molecule has 4 heteroatoms. The Bertz CT molecular complexity index is 4210. The Kier molecular flexibility index (Phi) is 8.55. The molecule has 0 unspecified atom stereocenters. The number of anilines is 3. The van der Waals surface area contributed by atoms with Crippen LogP contribution in [0.2, 0.25) is 0 Å². The highest BCUT2D eigenvalue weighted by Crippen LogP contribution is 2.43. The van der Waals surface area contributed by atoms with Crippen molar-refractivity contribution in [2.45, 2.75) is 0 Å². The Labute approximate surface area is 391 Å². The molecular weight excluding hydrogens is 829 g/mol. The molecule has 0 atom stereocenters. The van der Waals surface area contributed by atoms with Gasteiger partial charge in [-0.25, -0.2) is 0 Å². The predicted molar refractivity (Wildman–Crippen MR) is 284 cm³/mol. The van der Waals surface area contributed by atoms with E-state index < -0.39 is 0 Å². The van der Waals surface area contributed by atoms with Gasteiger partial charge < -0.3 is 18.3 Å². The topological polar surface area (TPSA) is 34.5 Å². The van der Waals surface area contributed by atoms with E-state index >= 15 is 0 Å². The van der Waals surface area contributed by atoms with Crippen LogP contribution in [0.3, 0.4) is 0 Å². The van der Waals surface area contributed by atoms with Gasteiger partial charge in [0.05, 0.1) is 11.0 Å². The van der Waals surface area contributed by atoms with Crippen LogP contribution in [0.25, 0.3) is 116 Å². The fraction of sp³-hybridized carbons (Fsp3) is 0. The molecule has 14 rings (SSSR count). The molecular formula is C64H40N2O2. The van der Waals surface area contributed by atoms with Crippen LogP contribution in [-0.4, -0.2) is 4.57 Å². The summed E-state index contributed by atoms with van der Waals surface area (Å²) in [7, 11) is 0. The fourth-order valence-corrected chi connectivity index (χ4v) is 10.6. The van der Waals surface area contributed by atoms with Gasteiger partial charge >= 0.3 is 0 Å². The summed E-state index contributed by atoms with van der Waals surface area (Å²) in [6.45, 7) is 0. The van der Waals surface area contributed by atoms with Crippen molar-refractivity contribution >= 4 is 93.5 Å². The predicted octanol–water partition coefficient (Wildman–Crippen LogP) is 18.2. The van der Waals surface area contributed by atoms with Crippen LogP contribution in [-0.2, 0) is 0 Å². The van der Waals surface area contributed by atoms with Crippen LogP contribution in [0.5, 0.6) is 0 Å². The smallest absolute Gasteiger partial charge is 0.143 e. The molecule has 0 saturated carbocycles. The largest absolute Gasteiger partial charge is 0.456 e. The molecule has 0 spiro atoms. The Balaban J connectivity index is 0.879. The van der Waals surface area contributed by atoms with Gasteiger partial charge in [-0.1, -0.05) is 152 Å². The Hall–Kier alpha value is -9.12. The molecule has 0 fully saturated rings. The zero-order valence-corrected chi connectivity index (χ0v) is 36.8. The van der Waals surface area contributed by atoms with Crippen molar-refractivity contribution in [1.82, 2.24) is 4.57 Å². The van der Waals surface area contributed by atoms with Crippen LogP contribution in [0.15, 0.2) is 251 Å². The van der Waals surface area contributed by atoms with E-state index in [0.29, 0.717) is 0 Å². The van der Waals surface area contributed by atoms with E-state index in [1.807, 2.05) is 12.1 Å². The molecule has 3 heterocycles. The van der Waals surface area contributed by atoms with Crippen LogP contribution in [0, 0.1) is 0 Å². The zero-order valence-electron chi connectivity index (χ0n) is 36.8. The van der Waals surface area contributed by atoms with E-state index in [2.05, 4.69) is 240 Å². The normalized spacial score (nSPS) is 11.8. The van der Waals surface area contributed by atoms with E-state index in [0.717, 1.165) is 105 Å². The quantitative estimate of drug-likeness (QED) is 0.160. The van der Waals surface area contributed by atoms with Gasteiger partial charge in [0.1, 0.15) is 22.3 Å². The summed E-state index contributed by atoms with van der Waals surface area (Å²) >= 11 is 0. The highest BCUT2D eigenvalue weighted by molar-refractivity contribution is 6.19. The van der Waals surface area contributed by atoms with Gasteiger partial charge in [0.15, 0.2) is 0 Å². The molecule has 11 aromatic carbocycles. The van der Waals surface area contributed by atoms with Crippen molar-refractivity contribution in [3.63, 3.8) is 0 Å². The minimum Gasteiger partial charge on any atom is -0.456 e. The van der Waals surface area contributed by atoms with Crippen LogP contribution < -0.4 is 4.90 Å². The lowest BCUT2D eigenvalue weighted by molar-refractivity contribution is 0.669. The van der Waals surface area contributed by atoms with E-state index in [1.165, 1.54) is 27.2 Å². The molecule has 0 radical (unpaired) electrons. The molecule has 0 aliphatic heterocycles.